The van der Waals surface area contributed by atoms with E-state index in [0.29, 0.717) is 21.0 Å². The number of aliphatic hydroxyl groups excluding tert-OH is 1. The zero-order valence-corrected chi connectivity index (χ0v) is 18.4. The van der Waals surface area contributed by atoms with E-state index in [4.69, 9.17) is 16.3 Å². The van der Waals surface area contributed by atoms with Crippen molar-refractivity contribution in [3.63, 3.8) is 0 Å². The molecule has 28 heavy (non-hydrogen) atoms. The summed E-state index contributed by atoms with van der Waals surface area (Å²) in [6, 6.07) is 8.57. The smallest absolute Gasteiger partial charge is 0.282 e. The van der Waals surface area contributed by atoms with Gasteiger partial charge in [-0.25, -0.2) is 0 Å². The van der Waals surface area contributed by atoms with Crippen molar-refractivity contribution >= 4 is 40.4 Å². The number of amides is 1. The molecule has 0 radical (unpaired) electrons. The molecule has 0 aliphatic rings. The highest BCUT2D eigenvalue weighted by Crippen LogP contribution is 2.28. The van der Waals surface area contributed by atoms with Gasteiger partial charge in [0, 0.05) is 27.2 Å². The summed E-state index contributed by atoms with van der Waals surface area (Å²) in [5, 5.41) is 13.2. The summed E-state index contributed by atoms with van der Waals surface area (Å²) < 4.78 is 7.71. The molecule has 0 spiro atoms. The molecule has 0 saturated heterocycles. The third-order valence-corrected chi connectivity index (χ3v) is 6.56. The highest BCUT2D eigenvalue weighted by atomic mass is 35.5. The van der Waals surface area contributed by atoms with Crippen LogP contribution in [0.25, 0.3) is 0 Å². The van der Waals surface area contributed by atoms with Gasteiger partial charge < -0.3 is 9.84 Å². The fourth-order valence-corrected chi connectivity index (χ4v) is 4.48. The van der Waals surface area contributed by atoms with E-state index in [1.165, 1.54) is 36.0 Å². The first kappa shape index (κ1) is 20.8. The topological polar surface area (TPSA) is 63.8 Å². The predicted molar refractivity (Wildman–Crippen MR) is 114 cm³/mol. The molecular formula is C20H21ClN2O3S2. The number of methoxy groups -OCH3 is 1. The zero-order chi connectivity index (χ0) is 20.5. The number of aromatic nitrogens is 1. The van der Waals surface area contributed by atoms with Gasteiger partial charge in [-0.1, -0.05) is 17.7 Å². The number of thiophene rings is 1. The van der Waals surface area contributed by atoms with Crippen LogP contribution in [0.15, 0.2) is 46.9 Å². The Morgan fingerprint density at radius 2 is 2.07 bits per heavy atom. The largest absolute Gasteiger partial charge is 0.496 e. The number of ether oxygens (including phenoxy) is 1. The Balaban J connectivity index is 2.13. The van der Waals surface area contributed by atoms with Gasteiger partial charge in [0.15, 0.2) is 0 Å². The third kappa shape index (κ3) is 4.38. The quantitative estimate of drug-likeness (QED) is 0.635. The maximum Gasteiger partial charge on any atom is 0.282 e. The van der Waals surface area contributed by atoms with Crippen LogP contribution >= 0.6 is 34.5 Å². The Hall–Kier alpha value is -1.93. The van der Waals surface area contributed by atoms with Crippen LogP contribution in [0, 0.1) is 0 Å². The Kier molecular flexibility index (Phi) is 6.09. The first-order valence-electron chi connectivity index (χ1n) is 8.58. The molecule has 5 nitrogen and oxygen atoms in total. The normalized spacial score (nSPS) is 13.6. The summed E-state index contributed by atoms with van der Waals surface area (Å²) in [5.74, 6) is -0.0688. The van der Waals surface area contributed by atoms with Crippen LogP contribution in [0.5, 0.6) is 5.75 Å². The SMILES string of the molecule is COc1ccc(Cl)cc1C(=O)N=c1sn(C(C)(C)C)cc1C(O)c1cccs1. The van der Waals surface area contributed by atoms with Gasteiger partial charge in [-0.2, -0.15) is 4.99 Å². The van der Waals surface area contributed by atoms with Gasteiger partial charge in [0.2, 0.25) is 0 Å². The minimum absolute atomic E-state index is 0.209. The van der Waals surface area contributed by atoms with Crippen molar-refractivity contribution in [1.29, 1.82) is 0 Å². The van der Waals surface area contributed by atoms with Crippen molar-refractivity contribution in [3.8, 4) is 5.75 Å². The molecule has 2 aromatic heterocycles. The number of halogens is 1. The van der Waals surface area contributed by atoms with E-state index in [2.05, 4.69) is 25.8 Å². The lowest BCUT2D eigenvalue weighted by Crippen LogP contribution is -2.18. The van der Waals surface area contributed by atoms with Gasteiger partial charge in [-0.3, -0.25) is 8.75 Å². The summed E-state index contributed by atoms with van der Waals surface area (Å²) in [5.41, 5.74) is 0.665. The van der Waals surface area contributed by atoms with Crippen LogP contribution in [0.4, 0.5) is 0 Å². The van der Waals surface area contributed by atoms with Crippen LogP contribution in [-0.4, -0.2) is 22.1 Å². The molecule has 3 rings (SSSR count). The number of benzene rings is 1. The summed E-state index contributed by atoms with van der Waals surface area (Å²) in [6.07, 6.45) is 1.00. The summed E-state index contributed by atoms with van der Waals surface area (Å²) in [6.45, 7) is 6.16. The number of carbonyl (C=O) groups is 1. The van der Waals surface area contributed by atoms with Crippen LogP contribution in [0.1, 0.15) is 47.7 Å². The molecule has 0 aliphatic carbocycles. The van der Waals surface area contributed by atoms with Crippen LogP contribution in [-0.2, 0) is 5.54 Å². The van der Waals surface area contributed by atoms with E-state index < -0.39 is 12.0 Å². The predicted octanol–water partition coefficient (Wildman–Crippen LogP) is 4.85. The first-order valence-corrected chi connectivity index (χ1v) is 10.6. The van der Waals surface area contributed by atoms with Crippen LogP contribution in [0.2, 0.25) is 5.02 Å². The van der Waals surface area contributed by atoms with Crippen molar-refractivity contribution in [1.82, 2.24) is 3.96 Å². The molecule has 1 amide bonds. The molecule has 2 heterocycles. The zero-order valence-electron chi connectivity index (χ0n) is 16.0. The molecule has 1 N–H and O–H groups in total. The van der Waals surface area contributed by atoms with Crippen molar-refractivity contribution in [2.24, 2.45) is 4.99 Å². The molecule has 1 aromatic carbocycles. The maximum absolute atomic E-state index is 12.9. The second-order valence-corrected chi connectivity index (χ2v) is 9.54. The molecule has 1 unspecified atom stereocenters. The van der Waals surface area contributed by atoms with Gasteiger partial charge in [0.05, 0.1) is 12.7 Å². The van der Waals surface area contributed by atoms with Gasteiger partial charge in [0.25, 0.3) is 5.91 Å². The van der Waals surface area contributed by atoms with Crippen LogP contribution in [0.3, 0.4) is 0 Å². The van der Waals surface area contributed by atoms with E-state index in [9.17, 15) is 9.90 Å². The van der Waals surface area contributed by atoms with E-state index in [1.54, 1.807) is 12.1 Å². The van der Waals surface area contributed by atoms with E-state index in [1.807, 2.05) is 27.7 Å². The molecule has 0 aliphatic heterocycles. The van der Waals surface area contributed by atoms with Gasteiger partial charge in [-0.15, -0.1) is 11.3 Å². The molecule has 0 saturated carbocycles. The third-order valence-electron chi connectivity index (χ3n) is 4.05. The Bertz CT molecular complexity index is 1050. The number of nitrogens with zero attached hydrogens (tertiary/aromatic N) is 2. The number of rotatable bonds is 4. The minimum Gasteiger partial charge on any atom is -0.496 e. The highest BCUT2D eigenvalue weighted by molar-refractivity contribution is 7.10. The summed E-state index contributed by atoms with van der Waals surface area (Å²) >= 11 is 8.83. The number of hydrogen-bond acceptors (Lipinski definition) is 5. The van der Waals surface area contributed by atoms with Crippen molar-refractivity contribution in [3.05, 3.63) is 67.6 Å². The van der Waals surface area contributed by atoms with Gasteiger partial charge >= 0.3 is 0 Å². The lowest BCUT2D eigenvalue weighted by molar-refractivity contribution is 0.0995. The Morgan fingerprint density at radius 1 is 1.32 bits per heavy atom. The van der Waals surface area contributed by atoms with Gasteiger partial charge in [-0.05, 0) is 61.9 Å². The number of carbonyl (C=O) groups excluding carboxylic acids is 1. The van der Waals surface area contributed by atoms with Crippen molar-refractivity contribution in [2.45, 2.75) is 32.4 Å². The molecular weight excluding hydrogens is 416 g/mol. The van der Waals surface area contributed by atoms with Gasteiger partial charge in [0.1, 0.15) is 16.5 Å². The first-order chi connectivity index (χ1) is 13.2. The summed E-state index contributed by atoms with van der Waals surface area (Å²) in [7, 11) is 1.49. The second kappa shape index (κ2) is 8.21. The number of aliphatic hydroxyl groups is 1. The fraction of sp³-hybridized carbons (Fsp3) is 0.300. The molecule has 0 bridgehead atoms. The maximum atomic E-state index is 12.9. The van der Waals surface area contributed by atoms with E-state index in [-0.39, 0.29) is 11.1 Å². The average Bonchev–Trinajstić information content (AvgIpc) is 3.30. The molecule has 148 valence electrons. The second-order valence-electron chi connectivity index (χ2n) is 7.16. The Labute approximate surface area is 176 Å². The lowest BCUT2D eigenvalue weighted by Gasteiger charge is -2.19. The summed E-state index contributed by atoms with van der Waals surface area (Å²) in [4.78, 5) is 18.0. The van der Waals surface area contributed by atoms with E-state index >= 15 is 0 Å². The molecule has 1 atom stereocenters. The molecule has 0 fully saturated rings. The van der Waals surface area contributed by atoms with E-state index in [0.717, 1.165) is 4.88 Å². The Morgan fingerprint density at radius 3 is 2.68 bits per heavy atom. The number of hydrogen-bond donors (Lipinski definition) is 1. The van der Waals surface area contributed by atoms with Crippen molar-refractivity contribution < 1.29 is 14.6 Å². The molecule has 8 heteroatoms. The van der Waals surface area contributed by atoms with Crippen LogP contribution < -0.4 is 9.41 Å². The standard InChI is InChI=1S/C20H21ClN2O3S2/c1-20(2,3)23-11-14(17(24)16-6-5-9-27-16)19(28-23)22-18(25)13-10-12(21)7-8-15(13)26-4/h5-11,17,24H,1-4H3. The fourth-order valence-electron chi connectivity index (χ4n) is 2.56. The monoisotopic (exact) mass is 436 g/mol. The van der Waals surface area contributed by atoms with Crippen molar-refractivity contribution in [2.75, 3.05) is 7.11 Å². The minimum atomic E-state index is -0.854. The lowest BCUT2D eigenvalue weighted by atomic mass is 10.1. The average molecular weight is 437 g/mol. The molecule has 3 aromatic rings. The highest BCUT2D eigenvalue weighted by Gasteiger charge is 2.22.